The maximum absolute atomic E-state index is 11.9. The first-order valence-corrected chi connectivity index (χ1v) is 7.30. The number of hydrogen-bond donors (Lipinski definition) is 0. The first-order chi connectivity index (χ1) is 7.95. The molecule has 100 valence electrons. The van der Waals surface area contributed by atoms with Crippen molar-refractivity contribution in [3.8, 4) is 0 Å². The van der Waals surface area contributed by atoms with Crippen LogP contribution in [0.3, 0.4) is 0 Å². The quantitative estimate of drug-likeness (QED) is 0.627. The van der Waals surface area contributed by atoms with Gasteiger partial charge in [0.15, 0.2) is 0 Å². The molecule has 0 aromatic heterocycles. The van der Waals surface area contributed by atoms with Crippen LogP contribution in [0.2, 0.25) is 0 Å². The number of rotatable bonds is 5. The number of carbonyl (C=O) groups is 1. The highest BCUT2D eigenvalue weighted by molar-refractivity contribution is 7.89. The van der Waals surface area contributed by atoms with Gasteiger partial charge in [-0.3, -0.25) is 4.79 Å². The molecule has 6 nitrogen and oxygen atoms in total. The Labute approximate surface area is 103 Å². The van der Waals surface area contributed by atoms with Gasteiger partial charge in [-0.25, -0.2) is 8.42 Å². The zero-order valence-electron chi connectivity index (χ0n) is 10.4. The van der Waals surface area contributed by atoms with E-state index in [1.165, 1.54) is 11.4 Å². The van der Waals surface area contributed by atoms with Crippen molar-refractivity contribution in [2.24, 2.45) is 0 Å². The molecule has 0 N–H and O–H groups in total. The molecule has 7 heteroatoms. The van der Waals surface area contributed by atoms with Gasteiger partial charge in [-0.15, -0.1) is 0 Å². The maximum Gasteiger partial charge on any atom is 0.305 e. The molecule has 0 saturated carbocycles. The average Bonchev–Trinajstić information content (AvgIpc) is 2.29. The fourth-order valence-electron chi connectivity index (χ4n) is 1.70. The molecule has 1 fully saturated rings. The normalized spacial score (nSPS) is 19.2. The minimum Gasteiger partial charge on any atom is -0.469 e. The molecule has 0 radical (unpaired) electrons. The van der Waals surface area contributed by atoms with Crippen LogP contribution in [-0.2, 0) is 19.6 Å². The van der Waals surface area contributed by atoms with E-state index >= 15 is 0 Å². The van der Waals surface area contributed by atoms with Gasteiger partial charge in [0.2, 0.25) is 10.0 Å². The van der Waals surface area contributed by atoms with Gasteiger partial charge in [0.25, 0.3) is 0 Å². The molecule has 0 bridgehead atoms. The highest BCUT2D eigenvalue weighted by Gasteiger charge is 2.25. The van der Waals surface area contributed by atoms with Crippen LogP contribution in [0.4, 0.5) is 0 Å². The van der Waals surface area contributed by atoms with Crippen molar-refractivity contribution in [3.63, 3.8) is 0 Å². The Balaban J connectivity index is 2.38. The Morgan fingerprint density at radius 2 is 1.82 bits per heavy atom. The van der Waals surface area contributed by atoms with Gasteiger partial charge in [-0.1, -0.05) is 0 Å². The Hall–Kier alpha value is -0.660. The SMILES string of the molecule is COC(=O)CCCS(=O)(=O)N1CCN(C)CC1. The van der Waals surface area contributed by atoms with Crippen molar-refractivity contribution >= 4 is 16.0 Å². The van der Waals surface area contributed by atoms with Crippen molar-refractivity contribution in [1.82, 2.24) is 9.21 Å². The molecule has 1 rings (SSSR count). The Kier molecular flexibility index (Phi) is 5.35. The van der Waals surface area contributed by atoms with Crippen LogP contribution < -0.4 is 0 Å². The van der Waals surface area contributed by atoms with E-state index in [0.717, 1.165) is 13.1 Å². The van der Waals surface area contributed by atoms with Crippen LogP contribution in [0.15, 0.2) is 0 Å². The summed E-state index contributed by atoms with van der Waals surface area (Å²) in [6.45, 7) is 2.60. The number of ether oxygens (including phenoxy) is 1. The lowest BCUT2D eigenvalue weighted by Crippen LogP contribution is -2.47. The van der Waals surface area contributed by atoms with E-state index in [1.54, 1.807) is 0 Å². The van der Waals surface area contributed by atoms with Gasteiger partial charge in [-0.05, 0) is 13.5 Å². The highest BCUT2D eigenvalue weighted by Crippen LogP contribution is 2.09. The van der Waals surface area contributed by atoms with E-state index in [-0.39, 0.29) is 18.1 Å². The topological polar surface area (TPSA) is 66.9 Å². The lowest BCUT2D eigenvalue weighted by Gasteiger charge is -2.31. The monoisotopic (exact) mass is 264 g/mol. The van der Waals surface area contributed by atoms with E-state index in [1.807, 2.05) is 7.05 Å². The first-order valence-electron chi connectivity index (χ1n) is 5.69. The summed E-state index contributed by atoms with van der Waals surface area (Å²) >= 11 is 0. The van der Waals surface area contributed by atoms with E-state index in [0.29, 0.717) is 19.5 Å². The molecule has 17 heavy (non-hydrogen) atoms. The van der Waals surface area contributed by atoms with Crippen LogP contribution in [0.5, 0.6) is 0 Å². The number of hydrogen-bond acceptors (Lipinski definition) is 5. The van der Waals surface area contributed by atoms with Crippen molar-refractivity contribution in [1.29, 1.82) is 0 Å². The molecule has 0 aromatic rings. The van der Waals surface area contributed by atoms with E-state index in [4.69, 9.17) is 0 Å². The van der Waals surface area contributed by atoms with Gasteiger partial charge >= 0.3 is 5.97 Å². The van der Waals surface area contributed by atoms with Gasteiger partial charge < -0.3 is 9.64 Å². The third-order valence-corrected chi connectivity index (χ3v) is 4.82. The maximum atomic E-state index is 11.9. The predicted molar refractivity (Wildman–Crippen MR) is 64.1 cm³/mol. The number of piperazine rings is 1. The molecule has 0 atom stereocenters. The third-order valence-electron chi connectivity index (χ3n) is 2.87. The molecule has 1 aliphatic heterocycles. The first kappa shape index (κ1) is 14.4. The summed E-state index contributed by atoms with van der Waals surface area (Å²) in [5.74, 6) is -0.343. The van der Waals surface area contributed by atoms with Crippen molar-refractivity contribution in [3.05, 3.63) is 0 Å². The molecule has 0 unspecified atom stereocenters. The number of likely N-dealkylation sites (N-methyl/N-ethyl adjacent to an activating group) is 1. The molecular weight excluding hydrogens is 244 g/mol. The molecule has 0 aliphatic carbocycles. The van der Waals surface area contributed by atoms with Crippen molar-refractivity contribution < 1.29 is 17.9 Å². The van der Waals surface area contributed by atoms with Crippen molar-refractivity contribution in [2.45, 2.75) is 12.8 Å². The number of methoxy groups -OCH3 is 1. The van der Waals surface area contributed by atoms with E-state index in [9.17, 15) is 13.2 Å². The van der Waals surface area contributed by atoms with E-state index in [2.05, 4.69) is 9.64 Å². The fourth-order valence-corrected chi connectivity index (χ4v) is 3.18. The number of esters is 1. The number of nitrogens with zero attached hydrogens (tertiary/aromatic N) is 2. The van der Waals surface area contributed by atoms with Crippen molar-refractivity contribution in [2.75, 3.05) is 46.1 Å². The molecule has 1 aliphatic rings. The second-order valence-corrected chi connectivity index (χ2v) is 6.29. The second-order valence-electron chi connectivity index (χ2n) is 4.20. The summed E-state index contributed by atoms with van der Waals surface area (Å²) < 4.78 is 29.8. The minimum absolute atomic E-state index is 0.0197. The van der Waals surface area contributed by atoms with Crippen LogP contribution in [0.25, 0.3) is 0 Å². The zero-order valence-corrected chi connectivity index (χ0v) is 11.2. The number of carbonyl (C=O) groups excluding carboxylic acids is 1. The molecule has 0 aromatic carbocycles. The summed E-state index contributed by atoms with van der Waals surface area (Å²) in [7, 11) is 0.0645. The van der Waals surface area contributed by atoms with Gasteiger partial charge in [-0.2, -0.15) is 4.31 Å². The van der Waals surface area contributed by atoms with Crippen LogP contribution in [0.1, 0.15) is 12.8 Å². The lowest BCUT2D eigenvalue weighted by molar-refractivity contribution is -0.140. The summed E-state index contributed by atoms with van der Waals surface area (Å²) in [6.07, 6.45) is 0.477. The Morgan fingerprint density at radius 3 is 2.35 bits per heavy atom. The van der Waals surface area contributed by atoms with Crippen LogP contribution in [0, 0.1) is 0 Å². The highest BCUT2D eigenvalue weighted by atomic mass is 32.2. The zero-order chi connectivity index (χ0) is 12.9. The molecule has 1 heterocycles. The third kappa shape index (κ3) is 4.61. The Bertz CT molecular complexity index is 347. The van der Waals surface area contributed by atoms with Gasteiger partial charge in [0.05, 0.1) is 12.9 Å². The smallest absolute Gasteiger partial charge is 0.305 e. The van der Waals surface area contributed by atoms with Crippen LogP contribution >= 0.6 is 0 Å². The summed E-state index contributed by atoms with van der Waals surface area (Å²) in [6, 6.07) is 0. The summed E-state index contributed by atoms with van der Waals surface area (Å²) in [4.78, 5) is 13.0. The Morgan fingerprint density at radius 1 is 1.24 bits per heavy atom. The van der Waals surface area contributed by atoms with Gasteiger partial charge in [0, 0.05) is 32.6 Å². The van der Waals surface area contributed by atoms with Crippen LogP contribution in [-0.4, -0.2) is 69.7 Å². The molecular formula is C10H20N2O4S. The van der Waals surface area contributed by atoms with E-state index < -0.39 is 10.0 Å². The predicted octanol–water partition coefficient (Wildman–Crippen LogP) is -0.483. The minimum atomic E-state index is -3.21. The fraction of sp³-hybridized carbons (Fsp3) is 0.900. The van der Waals surface area contributed by atoms with Gasteiger partial charge in [0.1, 0.15) is 0 Å². The lowest BCUT2D eigenvalue weighted by atomic mass is 10.3. The largest absolute Gasteiger partial charge is 0.469 e. The summed E-state index contributed by atoms with van der Waals surface area (Å²) in [5.41, 5.74) is 0. The second kappa shape index (κ2) is 6.32. The standard InChI is InChI=1S/C10H20N2O4S/c1-11-5-7-12(8-6-11)17(14,15)9-3-4-10(13)16-2/h3-9H2,1-2H3. The molecule has 0 amide bonds. The molecule has 0 spiro atoms. The average molecular weight is 264 g/mol. The summed E-state index contributed by atoms with van der Waals surface area (Å²) in [5, 5.41) is 0. The molecule has 1 saturated heterocycles. The number of sulfonamides is 1.